The van der Waals surface area contributed by atoms with Gasteiger partial charge in [-0.25, -0.2) is 4.39 Å². The van der Waals surface area contributed by atoms with Gasteiger partial charge in [-0.2, -0.15) is 0 Å². The molecule has 2 nitrogen and oxygen atoms in total. The van der Waals surface area contributed by atoms with E-state index in [9.17, 15) is 9.18 Å². The summed E-state index contributed by atoms with van der Waals surface area (Å²) in [5, 5.41) is 0. The second-order valence-electron chi connectivity index (χ2n) is 4.59. The van der Waals surface area contributed by atoms with Gasteiger partial charge in [-0.3, -0.25) is 4.79 Å². The van der Waals surface area contributed by atoms with Crippen molar-refractivity contribution in [3.63, 3.8) is 0 Å². The van der Waals surface area contributed by atoms with E-state index in [1.807, 2.05) is 4.90 Å². The van der Waals surface area contributed by atoms with Crippen LogP contribution >= 0.6 is 0 Å². The summed E-state index contributed by atoms with van der Waals surface area (Å²) in [5.41, 5.74) is 0.887. The highest BCUT2D eigenvalue weighted by molar-refractivity contribution is 5.79. The van der Waals surface area contributed by atoms with E-state index < -0.39 is 0 Å². The zero-order valence-corrected chi connectivity index (χ0v) is 10.2. The Kier molecular flexibility index (Phi) is 3.77. The number of carbonyl (C=O) groups excluding carboxylic acids is 1. The van der Waals surface area contributed by atoms with Gasteiger partial charge in [-0.15, -0.1) is 0 Å². The number of benzene rings is 1. The Morgan fingerprint density at radius 1 is 1.41 bits per heavy atom. The molecule has 0 saturated carbocycles. The van der Waals surface area contributed by atoms with Crippen molar-refractivity contribution in [1.29, 1.82) is 0 Å². The van der Waals surface area contributed by atoms with Gasteiger partial charge in [0, 0.05) is 12.6 Å². The number of amides is 1. The summed E-state index contributed by atoms with van der Waals surface area (Å²) in [6.45, 7) is 2.99. The van der Waals surface area contributed by atoms with Gasteiger partial charge in [0.1, 0.15) is 5.82 Å². The Morgan fingerprint density at radius 3 is 2.76 bits per heavy atom. The molecule has 1 aromatic carbocycles. The van der Waals surface area contributed by atoms with Crippen LogP contribution in [0.25, 0.3) is 0 Å². The zero-order valence-electron chi connectivity index (χ0n) is 10.2. The predicted molar refractivity (Wildman–Crippen MR) is 65.1 cm³/mol. The minimum atomic E-state index is -0.256. The summed E-state index contributed by atoms with van der Waals surface area (Å²) in [5.74, 6) is -0.0882. The first kappa shape index (κ1) is 12.1. The number of likely N-dealkylation sites (tertiary alicyclic amines) is 1. The smallest absolute Gasteiger partial charge is 0.227 e. The Bertz CT molecular complexity index is 388. The molecular formula is C14H18FNO. The van der Waals surface area contributed by atoms with Crippen molar-refractivity contribution < 1.29 is 9.18 Å². The van der Waals surface area contributed by atoms with Crippen LogP contribution in [0.2, 0.25) is 0 Å². The Balaban J connectivity index is 1.99. The van der Waals surface area contributed by atoms with Gasteiger partial charge in [-0.1, -0.05) is 19.1 Å². The predicted octanol–water partition coefficient (Wildman–Crippen LogP) is 2.77. The molecule has 2 rings (SSSR count). The molecule has 1 fully saturated rings. The molecule has 0 radical (unpaired) electrons. The van der Waals surface area contributed by atoms with E-state index in [2.05, 4.69) is 6.92 Å². The fourth-order valence-electron chi connectivity index (χ4n) is 2.47. The van der Waals surface area contributed by atoms with Crippen LogP contribution in [0.4, 0.5) is 4.39 Å². The highest BCUT2D eigenvalue weighted by atomic mass is 19.1. The van der Waals surface area contributed by atoms with Crippen LogP contribution in [0.5, 0.6) is 0 Å². The van der Waals surface area contributed by atoms with Crippen LogP contribution in [-0.4, -0.2) is 23.4 Å². The molecule has 0 bridgehead atoms. The maximum Gasteiger partial charge on any atom is 0.227 e. The molecule has 1 amide bonds. The van der Waals surface area contributed by atoms with Crippen LogP contribution in [0.3, 0.4) is 0 Å². The van der Waals surface area contributed by atoms with Gasteiger partial charge in [0.15, 0.2) is 0 Å². The average Bonchev–Trinajstić information content (AvgIpc) is 2.80. The molecule has 3 heteroatoms. The third-order valence-corrected chi connectivity index (χ3v) is 3.44. The topological polar surface area (TPSA) is 20.3 Å². The number of carbonyl (C=O) groups is 1. The molecule has 1 unspecified atom stereocenters. The lowest BCUT2D eigenvalue weighted by Gasteiger charge is -2.23. The SMILES string of the molecule is CCC1CCCN1C(=O)Cc1ccc(F)cc1. The second-order valence-corrected chi connectivity index (χ2v) is 4.59. The van der Waals surface area contributed by atoms with Crippen molar-refractivity contribution in [3.05, 3.63) is 35.6 Å². The fraction of sp³-hybridized carbons (Fsp3) is 0.500. The summed E-state index contributed by atoms with van der Waals surface area (Å²) in [6, 6.07) is 6.59. The van der Waals surface area contributed by atoms with Gasteiger partial charge >= 0.3 is 0 Å². The maximum absolute atomic E-state index is 12.7. The van der Waals surface area contributed by atoms with Crippen molar-refractivity contribution in [2.45, 2.75) is 38.6 Å². The molecule has 1 aliphatic rings. The van der Waals surface area contributed by atoms with Crippen LogP contribution < -0.4 is 0 Å². The number of halogens is 1. The summed E-state index contributed by atoms with van der Waals surface area (Å²) in [4.78, 5) is 14.1. The quantitative estimate of drug-likeness (QED) is 0.789. The highest BCUT2D eigenvalue weighted by Crippen LogP contribution is 2.20. The average molecular weight is 235 g/mol. The van der Waals surface area contributed by atoms with E-state index in [1.165, 1.54) is 12.1 Å². The largest absolute Gasteiger partial charge is 0.339 e. The molecule has 17 heavy (non-hydrogen) atoms. The first-order valence-electron chi connectivity index (χ1n) is 6.24. The van der Waals surface area contributed by atoms with Crippen molar-refractivity contribution in [2.24, 2.45) is 0 Å². The normalized spacial score (nSPS) is 19.6. The Labute approximate surface area is 101 Å². The highest BCUT2D eigenvalue weighted by Gasteiger charge is 2.26. The van der Waals surface area contributed by atoms with Crippen molar-refractivity contribution >= 4 is 5.91 Å². The van der Waals surface area contributed by atoms with E-state index in [0.717, 1.165) is 31.4 Å². The minimum absolute atomic E-state index is 0.168. The van der Waals surface area contributed by atoms with Crippen molar-refractivity contribution in [1.82, 2.24) is 4.90 Å². The molecule has 0 aliphatic carbocycles. The zero-order chi connectivity index (χ0) is 12.3. The number of rotatable bonds is 3. The lowest BCUT2D eigenvalue weighted by atomic mass is 10.1. The van der Waals surface area contributed by atoms with Crippen LogP contribution in [-0.2, 0) is 11.2 Å². The molecule has 1 heterocycles. The number of nitrogens with zero attached hydrogens (tertiary/aromatic N) is 1. The summed E-state index contributed by atoms with van der Waals surface area (Å²) in [6.07, 6.45) is 3.63. The van der Waals surface area contributed by atoms with Gasteiger partial charge in [0.05, 0.1) is 6.42 Å². The summed E-state index contributed by atoms with van der Waals surface area (Å²) in [7, 11) is 0. The maximum atomic E-state index is 12.7. The molecular weight excluding hydrogens is 217 g/mol. The monoisotopic (exact) mass is 235 g/mol. The van der Waals surface area contributed by atoms with Crippen LogP contribution in [0, 0.1) is 5.82 Å². The molecule has 92 valence electrons. The van der Waals surface area contributed by atoms with E-state index in [-0.39, 0.29) is 11.7 Å². The van der Waals surface area contributed by atoms with Crippen LogP contribution in [0.1, 0.15) is 31.7 Å². The van der Waals surface area contributed by atoms with Crippen molar-refractivity contribution in [2.75, 3.05) is 6.54 Å². The lowest BCUT2D eigenvalue weighted by Crippen LogP contribution is -2.36. The van der Waals surface area contributed by atoms with Gasteiger partial charge < -0.3 is 4.90 Å². The number of hydrogen-bond donors (Lipinski definition) is 0. The molecule has 1 aromatic rings. The molecule has 1 saturated heterocycles. The molecule has 0 spiro atoms. The molecule has 1 aliphatic heterocycles. The fourth-order valence-corrected chi connectivity index (χ4v) is 2.47. The molecule has 1 atom stereocenters. The van der Waals surface area contributed by atoms with Gasteiger partial charge in [-0.05, 0) is 37.0 Å². The first-order chi connectivity index (χ1) is 8.20. The van der Waals surface area contributed by atoms with E-state index >= 15 is 0 Å². The van der Waals surface area contributed by atoms with Gasteiger partial charge in [0.2, 0.25) is 5.91 Å². The third-order valence-electron chi connectivity index (χ3n) is 3.44. The lowest BCUT2D eigenvalue weighted by molar-refractivity contribution is -0.131. The standard InChI is InChI=1S/C14H18FNO/c1-2-13-4-3-9-16(13)14(17)10-11-5-7-12(15)8-6-11/h5-8,13H,2-4,9-10H2,1H3. The van der Waals surface area contributed by atoms with E-state index in [4.69, 9.17) is 0 Å². The van der Waals surface area contributed by atoms with Crippen LogP contribution in [0.15, 0.2) is 24.3 Å². The second kappa shape index (κ2) is 5.30. The number of hydrogen-bond acceptors (Lipinski definition) is 1. The van der Waals surface area contributed by atoms with Crippen molar-refractivity contribution in [3.8, 4) is 0 Å². The molecule has 0 aromatic heterocycles. The Hall–Kier alpha value is -1.38. The van der Waals surface area contributed by atoms with E-state index in [0.29, 0.717) is 12.5 Å². The Morgan fingerprint density at radius 2 is 2.12 bits per heavy atom. The molecule has 0 N–H and O–H groups in total. The van der Waals surface area contributed by atoms with Gasteiger partial charge in [0.25, 0.3) is 0 Å². The first-order valence-corrected chi connectivity index (χ1v) is 6.24. The summed E-state index contributed by atoms with van der Waals surface area (Å²) >= 11 is 0. The van der Waals surface area contributed by atoms with E-state index in [1.54, 1.807) is 12.1 Å². The third kappa shape index (κ3) is 2.84. The summed E-state index contributed by atoms with van der Waals surface area (Å²) < 4.78 is 12.7. The minimum Gasteiger partial charge on any atom is -0.339 e.